The first kappa shape index (κ1) is 15.4. The van der Waals surface area contributed by atoms with Gasteiger partial charge in [-0.05, 0) is 37.8 Å². The number of hydrogen-bond acceptors (Lipinski definition) is 4. The van der Waals surface area contributed by atoms with Crippen molar-refractivity contribution < 1.29 is 9.21 Å². The highest BCUT2D eigenvalue weighted by atomic mass is 16.4. The van der Waals surface area contributed by atoms with E-state index < -0.39 is 0 Å². The number of aryl methyl sites for hydroxylation is 2. The second-order valence-electron chi connectivity index (χ2n) is 6.71. The van der Waals surface area contributed by atoms with E-state index in [-0.39, 0.29) is 11.9 Å². The minimum atomic E-state index is -0.0248. The molecule has 1 fully saturated rings. The van der Waals surface area contributed by atoms with Gasteiger partial charge in [0.2, 0.25) is 0 Å². The molecule has 1 amide bonds. The molecule has 0 bridgehead atoms. The van der Waals surface area contributed by atoms with Gasteiger partial charge in [0.05, 0.1) is 6.04 Å². The fourth-order valence-corrected chi connectivity index (χ4v) is 3.86. The van der Waals surface area contributed by atoms with Crippen LogP contribution in [0.25, 0.3) is 0 Å². The Labute approximate surface area is 141 Å². The lowest BCUT2D eigenvalue weighted by molar-refractivity contribution is 0.0693. The van der Waals surface area contributed by atoms with E-state index in [1.54, 1.807) is 6.07 Å². The second-order valence-corrected chi connectivity index (χ2v) is 6.71. The van der Waals surface area contributed by atoms with E-state index in [9.17, 15) is 4.79 Å². The zero-order valence-electron chi connectivity index (χ0n) is 14.2. The van der Waals surface area contributed by atoms with Gasteiger partial charge in [-0.25, -0.2) is 0 Å². The smallest absolute Gasteiger partial charge is 0.290 e. The molecule has 0 saturated carbocycles. The highest BCUT2D eigenvalue weighted by Crippen LogP contribution is 2.33. The maximum Gasteiger partial charge on any atom is 0.290 e. The monoisotopic (exact) mass is 328 g/mol. The van der Waals surface area contributed by atoms with Crippen molar-refractivity contribution in [3.63, 3.8) is 0 Å². The van der Waals surface area contributed by atoms with E-state index in [2.05, 4.69) is 14.8 Å². The van der Waals surface area contributed by atoms with Crippen molar-refractivity contribution in [1.82, 2.24) is 19.7 Å². The summed E-state index contributed by atoms with van der Waals surface area (Å²) in [5, 5.41) is 8.85. The molecule has 0 spiro atoms. The minimum absolute atomic E-state index is 0.0204. The fraction of sp³-hybridized carbons (Fsp3) is 0.611. The molecule has 2 aliphatic heterocycles. The van der Waals surface area contributed by atoms with Crippen LogP contribution >= 0.6 is 0 Å². The van der Waals surface area contributed by atoms with Gasteiger partial charge < -0.3 is 13.9 Å². The van der Waals surface area contributed by atoms with E-state index >= 15 is 0 Å². The predicted octanol–water partition coefficient (Wildman–Crippen LogP) is 3.14. The van der Waals surface area contributed by atoms with Crippen LogP contribution in [0.4, 0.5) is 0 Å². The van der Waals surface area contributed by atoms with Crippen LogP contribution in [-0.4, -0.2) is 32.1 Å². The van der Waals surface area contributed by atoms with Crippen molar-refractivity contribution in [2.75, 3.05) is 6.54 Å². The van der Waals surface area contributed by atoms with E-state index in [1.807, 2.05) is 17.9 Å². The van der Waals surface area contributed by atoms with Gasteiger partial charge in [0, 0.05) is 25.9 Å². The van der Waals surface area contributed by atoms with Crippen molar-refractivity contribution in [3.05, 3.63) is 35.3 Å². The lowest BCUT2D eigenvalue weighted by atomic mass is 10.2. The fourth-order valence-electron chi connectivity index (χ4n) is 3.86. The Morgan fingerprint density at radius 2 is 2.12 bits per heavy atom. The summed E-state index contributed by atoms with van der Waals surface area (Å²) in [6.45, 7) is 3.75. The molecule has 0 aromatic carbocycles. The van der Waals surface area contributed by atoms with Crippen molar-refractivity contribution in [2.45, 2.75) is 64.5 Å². The average Bonchev–Trinajstić information content (AvgIpc) is 3.30. The zero-order chi connectivity index (χ0) is 16.5. The molecule has 0 radical (unpaired) electrons. The molecule has 4 heterocycles. The van der Waals surface area contributed by atoms with E-state index in [1.165, 1.54) is 12.8 Å². The molecule has 0 aliphatic carbocycles. The molecule has 1 saturated heterocycles. The standard InChI is InChI=1S/C18H24N4O2/c1-2-13-9-10-15(24-13)18(23)21-12-6-7-14(21)17-20-19-16-8-4-3-5-11-22(16)17/h9-10,14H,2-8,11-12H2,1H3/t14-/m1/s1. The van der Waals surface area contributed by atoms with Crippen LogP contribution in [0.3, 0.4) is 0 Å². The summed E-state index contributed by atoms with van der Waals surface area (Å²) in [5.41, 5.74) is 0. The number of aromatic nitrogens is 3. The largest absolute Gasteiger partial charge is 0.456 e. The molecule has 2 aromatic rings. The van der Waals surface area contributed by atoms with Gasteiger partial charge in [-0.15, -0.1) is 10.2 Å². The van der Waals surface area contributed by atoms with E-state index in [0.717, 1.165) is 62.6 Å². The SMILES string of the molecule is CCc1ccc(C(=O)N2CCC[C@@H]2c2nnc3n2CCCCC3)o1. The average molecular weight is 328 g/mol. The van der Waals surface area contributed by atoms with Gasteiger partial charge in [0.1, 0.15) is 11.6 Å². The summed E-state index contributed by atoms with van der Waals surface area (Å²) in [7, 11) is 0. The van der Waals surface area contributed by atoms with Crippen molar-refractivity contribution in [3.8, 4) is 0 Å². The molecule has 2 aromatic heterocycles. The van der Waals surface area contributed by atoms with Gasteiger partial charge in [-0.1, -0.05) is 13.3 Å². The minimum Gasteiger partial charge on any atom is -0.456 e. The molecule has 4 rings (SSSR count). The summed E-state index contributed by atoms with van der Waals surface area (Å²) in [6.07, 6.45) is 7.32. The number of carbonyl (C=O) groups excluding carboxylic acids is 1. The lowest BCUT2D eigenvalue weighted by Crippen LogP contribution is -2.32. The maximum atomic E-state index is 12.9. The number of amides is 1. The van der Waals surface area contributed by atoms with Crippen LogP contribution in [0.2, 0.25) is 0 Å². The highest BCUT2D eigenvalue weighted by Gasteiger charge is 2.35. The topological polar surface area (TPSA) is 64.2 Å². The summed E-state index contributed by atoms with van der Waals surface area (Å²) in [6, 6.07) is 3.70. The molecule has 24 heavy (non-hydrogen) atoms. The highest BCUT2D eigenvalue weighted by molar-refractivity contribution is 5.92. The predicted molar refractivity (Wildman–Crippen MR) is 88.7 cm³/mol. The number of furan rings is 1. The molecule has 0 unspecified atom stereocenters. The van der Waals surface area contributed by atoms with Crippen molar-refractivity contribution in [1.29, 1.82) is 0 Å². The van der Waals surface area contributed by atoms with Crippen molar-refractivity contribution >= 4 is 5.91 Å². The summed E-state index contributed by atoms with van der Waals surface area (Å²) in [4.78, 5) is 14.8. The van der Waals surface area contributed by atoms with Gasteiger partial charge >= 0.3 is 0 Å². The molecular weight excluding hydrogens is 304 g/mol. The van der Waals surface area contributed by atoms with Gasteiger partial charge in [-0.2, -0.15) is 0 Å². The molecule has 6 heteroatoms. The second kappa shape index (κ2) is 6.42. The maximum absolute atomic E-state index is 12.9. The molecule has 2 aliphatic rings. The van der Waals surface area contributed by atoms with E-state index in [4.69, 9.17) is 4.42 Å². The summed E-state index contributed by atoms with van der Waals surface area (Å²) < 4.78 is 7.92. The molecular formula is C18H24N4O2. The summed E-state index contributed by atoms with van der Waals surface area (Å²) in [5.74, 6) is 3.30. The molecule has 1 atom stereocenters. The number of hydrogen-bond donors (Lipinski definition) is 0. The van der Waals surface area contributed by atoms with Crippen LogP contribution in [0, 0.1) is 0 Å². The van der Waals surface area contributed by atoms with Crippen LogP contribution in [0.1, 0.15) is 73.0 Å². The number of carbonyl (C=O) groups is 1. The Morgan fingerprint density at radius 1 is 1.21 bits per heavy atom. The number of likely N-dealkylation sites (tertiary alicyclic amines) is 1. The summed E-state index contributed by atoms with van der Waals surface area (Å²) >= 11 is 0. The third-order valence-electron chi connectivity index (χ3n) is 5.17. The molecule has 128 valence electrons. The third kappa shape index (κ3) is 2.64. The van der Waals surface area contributed by atoms with E-state index in [0.29, 0.717) is 5.76 Å². The third-order valence-corrected chi connectivity index (χ3v) is 5.17. The Hall–Kier alpha value is -2.11. The van der Waals surface area contributed by atoms with Crippen molar-refractivity contribution in [2.24, 2.45) is 0 Å². The van der Waals surface area contributed by atoms with Gasteiger partial charge in [0.25, 0.3) is 5.91 Å². The Kier molecular flexibility index (Phi) is 4.12. The zero-order valence-corrected chi connectivity index (χ0v) is 14.2. The normalized spacial score (nSPS) is 20.9. The van der Waals surface area contributed by atoms with Crippen LogP contribution in [-0.2, 0) is 19.4 Å². The Balaban J connectivity index is 1.61. The van der Waals surface area contributed by atoms with Gasteiger partial charge in [0.15, 0.2) is 11.6 Å². The number of fused-ring (bicyclic) bond motifs is 1. The molecule has 0 N–H and O–H groups in total. The Bertz CT molecular complexity index is 733. The quantitative estimate of drug-likeness (QED) is 0.868. The first-order valence-corrected chi connectivity index (χ1v) is 9.09. The van der Waals surface area contributed by atoms with Crippen LogP contribution in [0.5, 0.6) is 0 Å². The van der Waals surface area contributed by atoms with Crippen LogP contribution < -0.4 is 0 Å². The number of rotatable bonds is 3. The number of nitrogens with zero attached hydrogens (tertiary/aromatic N) is 4. The lowest BCUT2D eigenvalue weighted by Gasteiger charge is -2.23. The van der Waals surface area contributed by atoms with Crippen LogP contribution in [0.15, 0.2) is 16.5 Å². The first-order chi connectivity index (χ1) is 11.8. The Morgan fingerprint density at radius 3 is 2.96 bits per heavy atom. The van der Waals surface area contributed by atoms with Gasteiger partial charge in [-0.3, -0.25) is 4.79 Å². The first-order valence-electron chi connectivity index (χ1n) is 9.09. The molecule has 6 nitrogen and oxygen atoms in total.